The molecule has 28 heavy (non-hydrogen) atoms. The Bertz CT molecular complexity index is 1000. The van der Waals surface area contributed by atoms with Crippen molar-refractivity contribution in [3.05, 3.63) is 66.0 Å². The van der Waals surface area contributed by atoms with Crippen LogP contribution in [0.2, 0.25) is 0 Å². The van der Waals surface area contributed by atoms with Crippen molar-refractivity contribution in [2.45, 2.75) is 25.8 Å². The summed E-state index contributed by atoms with van der Waals surface area (Å²) in [5.74, 6) is 0.0331. The van der Waals surface area contributed by atoms with Gasteiger partial charge in [0.15, 0.2) is 0 Å². The summed E-state index contributed by atoms with van der Waals surface area (Å²) in [5.41, 5.74) is 8.94. The second kappa shape index (κ2) is 7.68. The average molecular weight is 377 g/mol. The van der Waals surface area contributed by atoms with E-state index in [1.807, 2.05) is 42.2 Å². The lowest BCUT2D eigenvalue weighted by Gasteiger charge is -2.35. The Labute approximate surface area is 164 Å². The summed E-state index contributed by atoms with van der Waals surface area (Å²) >= 11 is 0. The highest BCUT2D eigenvalue weighted by atomic mass is 19.1. The van der Waals surface area contributed by atoms with E-state index in [-0.39, 0.29) is 17.8 Å². The van der Waals surface area contributed by atoms with E-state index in [1.54, 1.807) is 12.1 Å². The fraction of sp³-hybridized carbons (Fsp3) is 0.304. The van der Waals surface area contributed by atoms with E-state index in [2.05, 4.69) is 0 Å². The van der Waals surface area contributed by atoms with Crippen molar-refractivity contribution in [2.24, 2.45) is 11.7 Å². The van der Waals surface area contributed by atoms with Gasteiger partial charge in [0.1, 0.15) is 5.82 Å². The van der Waals surface area contributed by atoms with Crippen LogP contribution in [0, 0.1) is 11.7 Å². The quantitative estimate of drug-likeness (QED) is 0.743. The van der Waals surface area contributed by atoms with Crippen molar-refractivity contribution in [1.29, 1.82) is 0 Å². The molecule has 1 amide bonds. The molecule has 1 aliphatic rings. The number of hydrogen-bond donors (Lipinski definition) is 1. The van der Waals surface area contributed by atoms with Gasteiger partial charge in [-0.25, -0.2) is 9.37 Å². The van der Waals surface area contributed by atoms with Crippen molar-refractivity contribution in [1.82, 2.24) is 9.88 Å². The van der Waals surface area contributed by atoms with Gasteiger partial charge in [0.25, 0.3) is 5.91 Å². The Kier molecular flexibility index (Phi) is 5.09. The number of piperidine rings is 1. The van der Waals surface area contributed by atoms with E-state index < -0.39 is 0 Å². The molecule has 2 atom stereocenters. The standard InChI is InChI=1S/C23H24FN3O/c1-15(25)17-5-4-12-27(14-17)23(28)20-13-22(16-8-10-18(24)11-9-16)26-21-7-3-2-6-19(20)21/h2-3,6-11,13,15,17H,4-5,12,14,25H2,1H3. The molecule has 1 saturated heterocycles. The molecule has 2 N–H and O–H groups in total. The van der Waals surface area contributed by atoms with Crippen LogP contribution in [0.4, 0.5) is 4.39 Å². The lowest BCUT2D eigenvalue weighted by molar-refractivity contribution is 0.0663. The van der Waals surface area contributed by atoms with E-state index in [9.17, 15) is 9.18 Å². The molecule has 4 nitrogen and oxygen atoms in total. The van der Waals surface area contributed by atoms with Crippen molar-refractivity contribution in [3.63, 3.8) is 0 Å². The summed E-state index contributed by atoms with van der Waals surface area (Å²) < 4.78 is 13.3. The van der Waals surface area contributed by atoms with Crippen LogP contribution in [0.1, 0.15) is 30.1 Å². The summed E-state index contributed by atoms with van der Waals surface area (Å²) in [6.07, 6.45) is 2.02. The van der Waals surface area contributed by atoms with Crippen LogP contribution in [0.25, 0.3) is 22.2 Å². The molecule has 2 unspecified atom stereocenters. The van der Waals surface area contributed by atoms with Crippen LogP contribution in [0.3, 0.4) is 0 Å². The molecule has 4 rings (SSSR count). The zero-order valence-electron chi connectivity index (χ0n) is 15.9. The van der Waals surface area contributed by atoms with Crippen molar-refractivity contribution < 1.29 is 9.18 Å². The number of nitrogens with zero attached hydrogens (tertiary/aromatic N) is 2. The van der Waals surface area contributed by atoms with Gasteiger partial charge in [0.05, 0.1) is 16.8 Å². The number of fused-ring (bicyclic) bond motifs is 1. The van der Waals surface area contributed by atoms with Gasteiger partial charge >= 0.3 is 0 Å². The molecule has 0 saturated carbocycles. The zero-order valence-corrected chi connectivity index (χ0v) is 15.9. The maximum absolute atomic E-state index is 13.4. The molecular formula is C23H24FN3O. The van der Waals surface area contributed by atoms with Crippen molar-refractivity contribution in [2.75, 3.05) is 13.1 Å². The van der Waals surface area contributed by atoms with Gasteiger partial charge in [-0.05, 0) is 62.1 Å². The van der Waals surface area contributed by atoms with Gasteiger partial charge in [-0.15, -0.1) is 0 Å². The molecule has 3 aromatic rings. The average Bonchev–Trinajstić information content (AvgIpc) is 2.73. The van der Waals surface area contributed by atoms with Gasteiger partial charge in [-0.1, -0.05) is 18.2 Å². The highest BCUT2D eigenvalue weighted by molar-refractivity contribution is 6.07. The normalized spacial score (nSPS) is 18.2. The Morgan fingerprint density at radius 1 is 1.21 bits per heavy atom. The molecule has 0 spiro atoms. The minimum atomic E-state index is -0.295. The first kappa shape index (κ1) is 18.6. The maximum Gasteiger partial charge on any atom is 0.254 e. The topological polar surface area (TPSA) is 59.2 Å². The molecule has 2 heterocycles. The number of pyridine rings is 1. The van der Waals surface area contributed by atoms with Gasteiger partial charge in [0, 0.05) is 30.1 Å². The lowest BCUT2D eigenvalue weighted by atomic mass is 9.91. The number of hydrogen-bond acceptors (Lipinski definition) is 3. The number of aromatic nitrogens is 1. The van der Waals surface area contributed by atoms with Crippen LogP contribution >= 0.6 is 0 Å². The number of carbonyl (C=O) groups is 1. The van der Waals surface area contributed by atoms with Crippen molar-refractivity contribution in [3.8, 4) is 11.3 Å². The smallest absolute Gasteiger partial charge is 0.254 e. The summed E-state index contributed by atoms with van der Waals surface area (Å²) in [5, 5.41) is 0.835. The van der Waals surface area contributed by atoms with Crippen LogP contribution in [0.15, 0.2) is 54.6 Å². The summed E-state index contributed by atoms with van der Waals surface area (Å²) in [6, 6.07) is 15.7. The van der Waals surface area contributed by atoms with Gasteiger partial charge in [-0.3, -0.25) is 4.79 Å². The molecular weight excluding hydrogens is 353 g/mol. The Morgan fingerprint density at radius 2 is 1.96 bits per heavy atom. The zero-order chi connectivity index (χ0) is 19.7. The molecule has 144 valence electrons. The minimum Gasteiger partial charge on any atom is -0.338 e. The summed E-state index contributed by atoms with van der Waals surface area (Å²) in [7, 11) is 0. The van der Waals surface area contributed by atoms with Crippen LogP contribution in [0.5, 0.6) is 0 Å². The first-order valence-corrected chi connectivity index (χ1v) is 9.73. The van der Waals surface area contributed by atoms with Crippen LogP contribution in [-0.4, -0.2) is 34.9 Å². The minimum absolute atomic E-state index is 0.00677. The molecule has 0 bridgehead atoms. The highest BCUT2D eigenvalue weighted by Gasteiger charge is 2.27. The predicted octanol–water partition coefficient (Wildman–Crippen LogP) is 4.24. The molecule has 0 aliphatic carbocycles. The Balaban J connectivity index is 1.76. The molecule has 5 heteroatoms. The van der Waals surface area contributed by atoms with Crippen LogP contribution < -0.4 is 5.73 Å². The number of halogens is 1. The third-order valence-electron chi connectivity index (χ3n) is 5.58. The van der Waals surface area contributed by atoms with E-state index in [0.29, 0.717) is 23.7 Å². The number of para-hydroxylation sites is 1. The van der Waals surface area contributed by atoms with E-state index in [0.717, 1.165) is 35.9 Å². The lowest BCUT2D eigenvalue weighted by Crippen LogP contribution is -2.45. The first-order chi connectivity index (χ1) is 13.5. The van der Waals surface area contributed by atoms with Gasteiger partial charge in [-0.2, -0.15) is 0 Å². The molecule has 0 radical (unpaired) electrons. The predicted molar refractivity (Wildman–Crippen MR) is 109 cm³/mol. The number of rotatable bonds is 3. The van der Waals surface area contributed by atoms with E-state index in [1.165, 1.54) is 12.1 Å². The van der Waals surface area contributed by atoms with Gasteiger partial charge in [0.2, 0.25) is 0 Å². The number of carbonyl (C=O) groups excluding carboxylic acids is 1. The SMILES string of the molecule is CC(N)C1CCCN(C(=O)c2cc(-c3ccc(F)cc3)nc3ccccc23)C1. The van der Waals surface area contributed by atoms with Crippen LogP contribution in [-0.2, 0) is 0 Å². The summed E-state index contributed by atoms with van der Waals surface area (Å²) in [6.45, 7) is 3.43. The maximum atomic E-state index is 13.4. The molecule has 1 aliphatic heterocycles. The van der Waals surface area contributed by atoms with Gasteiger partial charge < -0.3 is 10.6 Å². The first-order valence-electron chi connectivity index (χ1n) is 9.73. The highest BCUT2D eigenvalue weighted by Crippen LogP contribution is 2.28. The fourth-order valence-electron chi connectivity index (χ4n) is 3.91. The van der Waals surface area contributed by atoms with Crippen molar-refractivity contribution >= 4 is 16.8 Å². The molecule has 2 aromatic carbocycles. The monoisotopic (exact) mass is 377 g/mol. The molecule has 1 aromatic heterocycles. The number of likely N-dealkylation sites (tertiary alicyclic amines) is 1. The number of nitrogens with two attached hydrogens (primary N) is 1. The number of amides is 1. The van der Waals surface area contributed by atoms with E-state index >= 15 is 0 Å². The summed E-state index contributed by atoms with van der Waals surface area (Å²) in [4.78, 5) is 20.0. The third-order valence-corrected chi connectivity index (χ3v) is 5.58. The Hall–Kier alpha value is -2.79. The van der Waals surface area contributed by atoms with E-state index in [4.69, 9.17) is 10.7 Å². The fourth-order valence-corrected chi connectivity index (χ4v) is 3.91. The molecule has 1 fully saturated rings. The second-order valence-electron chi connectivity index (χ2n) is 7.59. The number of benzene rings is 2. The second-order valence-corrected chi connectivity index (χ2v) is 7.59. The largest absolute Gasteiger partial charge is 0.338 e. The third kappa shape index (κ3) is 3.62. The Morgan fingerprint density at radius 3 is 2.71 bits per heavy atom.